The van der Waals surface area contributed by atoms with E-state index in [0.29, 0.717) is 6.04 Å². The first-order valence-corrected chi connectivity index (χ1v) is 7.57. The Bertz CT molecular complexity index is 270. The summed E-state index contributed by atoms with van der Waals surface area (Å²) in [6.45, 7) is 6.14. The van der Waals surface area contributed by atoms with Crippen LogP contribution < -0.4 is 10.6 Å². The summed E-state index contributed by atoms with van der Waals surface area (Å²) in [7, 11) is 0. The molecule has 0 aromatic heterocycles. The van der Waals surface area contributed by atoms with Gasteiger partial charge in [0.05, 0.1) is 6.04 Å². The Morgan fingerprint density at radius 3 is 2.94 bits per heavy atom. The van der Waals surface area contributed by atoms with Gasteiger partial charge in [0.15, 0.2) is 0 Å². The Kier molecular flexibility index (Phi) is 5.45. The van der Waals surface area contributed by atoms with Crippen molar-refractivity contribution in [1.82, 2.24) is 15.5 Å². The van der Waals surface area contributed by atoms with Crippen LogP contribution in [0.15, 0.2) is 0 Å². The van der Waals surface area contributed by atoms with Crippen molar-refractivity contribution in [3.8, 4) is 0 Å². The number of nitrogens with zero attached hydrogens (tertiary/aromatic N) is 1. The molecule has 0 bridgehead atoms. The molecule has 0 saturated carbocycles. The molecule has 4 nitrogen and oxygen atoms in total. The van der Waals surface area contributed by atoms with Crippen molar-refractivity contribution in [1.29, 1.82) is 0 Å². The molecule has 0 radical (unpaired) electrons. The van der Waals surface area contributed by atoms with Gasteiger partial charge in [-0.1, -0.05) is 13.3 Å². The predicted octanol–water partition coefficient (Wildman–Crippen LogP) is 1.12. The van der Waals surface area contributed by atoms with Crippen LogP contribution in [-0.2, 0) is 4.79 Å². The molecule has 0 aromatic rings. The highest BCUT2D eigenvalue weighted by molar-refractivity contribution is 5.82. The number of carbonyl (C=O) groups excluding carboxylic acids is 1. The maximum absolute atomic E-state index is 12.2. The van der Waals surface area contributed by atoms with Crippen LogP contribution in [0.25, 0.3) is 0 Å². The summed E-state index contributed by atoms with van der Waals surface area (Å²) >= 11 is 0. The summed E-state index contributed by atoms with van der Waals surface area (Å²) in [5.41, 5.74) is 0. The molecule has 2 atom stereocenters. The van der Waals surface area contributed by atoms with Crippen LogP contribution in [0.2, 0.25) is 0 Å². The third-order valence-electron chi connectivity index (χ3n) is 4.21. The van der Waals surface area contributed by atoms with Crippen molar-refractivity contribution >= 4 is 5.91 Å². The molecule has 1 amide bonds. The van der Waals surface area contributed by atoms with Crippen molar-refractivity contribution < 1.29 is 4.79 Å². The third kappa shape index (κ3) is 3.45. The lowest BCUT2D eigenvalue weighted by Gasteiger charge is -2.40. The quantitative estimate of drug-likeness (QED) is 0.789. The zero-order valence-corrected chi connectivity index (χ0v) is 11.6. The lowest BCUT2D eigenvalue weighted by Crippen LogP contribution is -2.55. The molecule has 2 N–H and O–H groups in total. The van der Waals surface area contributed by atoms with E-state index in [1.807, 2.05) is 0 Å². The first-order chi connectivity index (χ1) is 8.83. The number of hydrogen-bond acceptors (Lipinski definition) is 3. The molecular formula is C14H27N3O. The zero-order valence-electron chi connectivity index (χ0n) is 11.6. The molecule has 2 saturated heterocycles. The highest BCUT2D eigenvalue weighted by atomic mass is 16.2. The molecule has 0 aromatic carbocycles. The van der Waals surface area contributed by atoms with Crippen LogP contribution in [0.3, 0.4) is 0 Å². The van der Waals surface area contributed by atoms with Gasteiger partial charge in [-0.25, -0.2) is 0 Å². The topological polar surface area (TPSA) is 44.4 Å². The summed E-state index contributed by atoms with van der Waals surface area (Å²) in [5.74, 6) is 0.260. The number of amides is 1. The minimum atomic E-state index is 0.122. The zero-order chi connectivity index (χ0) is 12.8. The number of likely N-dealkylation sites (tertiary alicyclic amines) is 1. The van der Waals surface area contributed by atoms with Crippen LogP contribution in [-0.4, -0.2) is 49.1 Å². The molecular weight excluding hydrogens is 226 g/mol. The van der Waals surface area contributed by atoms with E-state index in [0.717, 1.165) is 39.0 Å². The maximum atomic E-state index is 12.2. The van der Waals surface area contributed by atoms with E-state index in [1.54, 1.807) is 0 Å². The maximum Gasteiger partial charge on any atom is 0.237 e. The van der Waals surface area contributed by atoms with Crippen molar-refractivity contribution in [3.05, 3.63) is 0 Å². The average Bonchev–Trinajstić information content (AvgIpc) is 2.61. The summed E-state index contributed by atoms with van der Waals surface area (Å²) in [6.07, 6.45) is 7.13. The van der Waals surface area contributed by atoms with E-state index in [-0.39, 0.29) is 11.9 Å². The normalized spacial score (nSPS) is 30.8. The van der Waals surface area contributed by atoms with Crippen LogP contribution >= 0.6 is 0 Å². The van der Waals surface area contributed by atoms with Crippen molar-refractivity contribution in [2.24, 2.45) is 0 Å². The van der Waals surface area contributed by atoms with E-state index < -0.39 is 0 Å². The fourth-order valence-corrected chi connectivity index (χ4v) is 3.20. The third-order valence-corrected chi connectivity index (χ3v) is 4.21. The van der Waals surface area contributed by atoms with Gasteiger partial charge in [-0.2, -0.15) is 0 Å². The SMILES string of the molecule is CCNCC1CCCCN1C1CCCCNC1=O. The fourth-order valence-electron chi connectivity index (χ4n) is 3.20. The van der Waals surface area contributed by atoms with Gasteiger partial charge in [-0.15, -0.1) is 0 Å². The highest BCUT2D eigenvalue weighted by Gasteiger charge is 2.33. The molecule has 2 fully saturated rings. The van der Waals surface area contributed by atoms with Crippen LogP contribution in [0.4, 0.5) is 0 Å². The summed E-state index contributed by atoms with van der Waals surface area (Å²) < 4.78 is 0. The smallest absolute Gasteiger partial charge is 0.237 e. The first kappa shape index (κ1) is 13.8. The molecule has 2 heterocycles. The number of likely N-dealkylation sites (N-methyl/N-ethyl adjacent to an activating group) is 1. The van der Waals surface area contributed by atoms with E-state index in [2.05, 4.69) is 22.5 Å². The van der Waals surface area contributed by atoms with Crippen LogP contribution in [0, 0.1) is 0 Å². The molecule has 0 spiro atoms. The molecule has 104 valence electrons. The Morgan fingerprint density at radius 1 is 1.28 bits per heavy atom. The predicted molar refractivity (Wildman–Crippen MR) is 73.5 cm³/mol. The minimum Gasteiger partial charge on any atom is -0.355 e. The summed E-state index contributed by atoms with van der Waals surface area (Å²) in [5, 5.41) is 6.51. The van der Waals surface area contributed by atoms with Gasteiger partial charge in [0.2, 0.25) is 5.91 Å². The van der Waals surface area contributed by atoms with Gasteiger partial charge in [0.25, 0.3) is 0 Å². The van der Waals surface area contributed by atoms with Crippen LogP contribution in [0.5, 0.6) is 0 Å². The molecule has 2 rings (SSSR count). The second-order valence-electron chi connectivity index (χ2n) is 5.50. The number of hydrogen-bond donors (Lipinski definition) is 2. The van der Waals surface area contributed by atoms with Crippen molar-refractivity contribution in [2.45, 2.75) is 57.5 Å². The van der Waals surface area contributed by atoms with Gasteiger partial charge in [-0.3, -0.25) is 9.69 Å². The number of piperidine rings is 1. The van der Waals surface area contributed by atoms with E-state index in [4.69, 9.17) is 0 Å². The molecule has 2 aliphatic rings. The highest BCUT2D eigenvalue weighted by Crippen LogP contribution is 2.23. The Hall–Kier alpha value is -0.610. The van der Waals surface area contributed by atoms with Gasteiger partial charge < -0.3 is 10.6 Å². The van der Waals surface area contributed by atoms with Gasteiger partial charge in [-0.05, 0) is 45.2 Å². The summed E-state index contributed by atoms with van der Waals surface area (Å²) in [4.78, 5) is 14.6. The molecule has 18 heavy (non-hydrogen) atoms. The molecule has 4 heteroatoms. The standard InChI is InChI=1S/C14H27N3O/c1-2-15-11-12-7-4-6-10-17(12)13-8-3-5-9-16-14(13)18/h12-13,15H,2-11H2,1H3,(H,16,18). The minimum absolute atomic E-state index is 0.122. The molecule has 0 aliphatic carbocycles. The van der Waals surface area contributed by atoms with Crippen molar-refractivity contribution in [2.75, 3.05) is 26.2 Å². The number of rotatable bonds is 4. The second-order valence-corrected chi connectivity index (χ2v) is 5.50. The Balaban J connectivity index is 1.99. The average molecular weight is 253 g/mol. The lowest BCUT2D eigenvalue weighted by atomic mass is 9.97. The van der Waals surface area contributed by atoms with Crippen molar-refractivity contribution in [3.63, 3.8) is 0 Å². The van der Waals surface area contributed by atoms with Gasteiger partial charge in [0.1, 0.15) is 0 Å². The fraction of sp³-hybridized carbons (Fsp3) is 0.929. The van der Waals surface area contributed by atoms with Crippen LogP contribution in [0.1, 0.15) is 45.4 Å². The van der Waals surface area contributed by atoms with E-state index in [1.165, 1.54) is 25.7 Å². The van der Waals surface area contributed by atoms with Gasteiger partial charge in [0, 0.05) is 19.1 Å². The Labute approximate surface area is 110 Å². The first-order valence-electron chi connectivity index (χ1n) is 7.57. The molecule has 2 unspecified atom stereocenters. The van der Waals surface area contributed by atoms with E-state index in [9.17, 15) is 4.79 Å². The molecule has 2 aliphatic heterocycles. The number of nitrogens with one attached hydrogen (secondary N) is 2. The monoisotopic (exact) mass is 253 g/mol. The largest absolute Gasteiger partial charge is 0.355 e. The van der Waals surface area contributed by atoms with Gasteiger partial charge >= 0.3 is 0 Å². The summed E-state index contributed by atoms with van der Waals surface area (Å²) in [6, 6.07) is 0.670. The number of carbonyl (C=O) groups is 1. The second kappa shape index (κ2) is 7.10. The lowest BCUT2D eigenvalue weighted by molar-refractivity contribution is -0.127. The van der Waals surface area contributed by atoms with E-state index >= 15 is 0 Å². The Morgan fingerprint density at radius 2 is 2.11 bits per heavy atom.